The average Bonchev–Trinajstić information content (AvgIpc) is 3.03. The molecule has 0 saturated carbocycles. The van der Waals surface area contributed by atoms with Crippen LogP contribution in [0.4, 0.5) is 5.82 Å². The van der Waals surface area contributed by atoms with Crippen LogP contribution in [0.2, 0.25) is 0 Å². The number of rotatable bonds is 3. The summed E-state index contributed by atoms with van der Waals surface area (Å²) in [5.74, 6) is 0.980. The van der Waals surface area contributed by atoms with Crippen LogP contribution in [0.5, 0.6) is 0 Å². The quantitative estimate of drug-likeness (QED) is 0.610. The molecule has 3 heterocycles. The molecule has 6 nitrogen and oxygen atoms in total. The molecule has 0 saturated heterocycles. The molecule has 0 aliphatic heterocycles. The Kier molecular flexibility index (Phi) is 3.93. The van der Waals surface area contributed by atoms with Crippen LogP contribution < -0.4 is 5.32 Å². The van der Waals surface area contributed by atoms with Crippen LogP contribution in [-0.4, -0.2) is 25.7 Å². The van der Waals surface area contributed by atoms with Crippen LogP contribution in [0.3, 0.4) is 0 Å². The van der Waals surface area contributed by atoms with E-state index in [0.717, 1.165) is 22.2 Å². The fourth-order valence-corrected chi connectivity index (χ4v) is 2.86. The maximum atomic E-state index is 12.7. The molecule has 0 spiro atoms. The molecule has 1 amide bonds. The number of fused-ring (bicyclic) bond motifs is 1. The molecule has 0 aliphatic carbocycles. The highest BCUT2D eigenvalue weighted by Crippen LogP contribution is 2.18. The number of nitrogens with zero attached hydrogens (tertiary/aromatic N) is 4. The molecule has 4 rings (SSSR count). The lowest BCUT2D eigenvalue weighted by molar-refractivity contribution is 0.102. The molecule has 0 radical (unpaired) electrons. The summed E-state index contributed by atoms with van der Waals surface area (Å²) >= 11 is 0. The van der Waals surface area contributed by atoms with Crippen molar-refractivity contribution in [2.24, 2.45) is 0 Å². The zero-order valence-corrected chi connectivity index (χ0v) is 14.5. The molecule has 3 aromatic heterocycles. The Morgan fingerprint density at radius 3 is 2.77 bits per heavy atom. The molecule has 0 aliphatic rings. The average molecular weight is 345 g/mol. The number of anilines is 1. The maximum Gasteiger partial charge on any atom is 0.260 e. The van der Waals surface area contributed by atoms with Gasteiger partial charge < -0.3 is 5.32 Å². The van der Waals surface area contributed by atoms with Crippen LogP contribution in [0.25, 0.3) is 16.7 Å². The third-order valence-corrected chi connectivity index (χ3v) is 4.28. The van der Waals surface area contributed by atoms with Gasteiger partial charge in [0.2, 0.25) is 0 Å². The number of aryl methyl sites for hydroxylation is 1. The first-order chi connectivity index (χ1) is 12.6. The number of nitrogens with one attached hydrogen (secondary N) is 1. The SMILES string of the molecule is Cc1cccnc1-n1ncc(C(=O)Nc2ccc3ccccc3n2)c1C.[HH]. The first-order valence-electron chi connectivity index (χ1n) is 8.27. The molecule has 1 N–H and O–H groups in total. The second-order valence-electron chi connectivity index (χ2n) is 6.04. The smallest absolute Gasteiger partial charge is 0.260 e. The summed E-state index contributed by atoms with van der Waals surface area (Å²) < 4.78 is 1.68. The highest BCUT2D eigenvalue weighted by molar-refractivity contribution is 6.04. The second-order valence-corrected chi connectivity index (χ2v) is 6.04. The van der Waals surface area contributed by atoms with Crippen molar-refractivity contribution in [2.75, 3.05) is 5.32 Å². The van der Waals surface area contributed by atoms with E-state index < -0.39 is 0 Å². The normalized spacial score (nSPS) is 10.8. The fraction of sp³-hybridized carbons (Fsp3) is 0.100. The minimum atomic E-state index is -0.245. The molecular formula is C20H19N5O. The number of pyridine rings is 2. The molecule has 26 heavy (non-hydrogen) atoms. The zero-order valence-electron chi connectivity index (χ0n) is 14.5. The highest BCUT2D eigenvalue weighted by atomic mass is 16.1. The van der Waals surface area contributed by atoms with Crippen molar-refractivity contribution in [1.29, 1.82) is 0 Å². The number of benzene rings is 1. The van der Waals surface area contributed by atoms with Gasteiger partial charge in [0.15, 0.2) is 5.82 Å². The minimum absolute atomic E-state index is 0. The highest BCUT2D eigenvalue weighted by Gasteiger charge is 2.17. The van der Waals surface area contributed by atoms with E-state index >= 15 is 0 Å². The van der Waals surface area contributed by atoms with Gasteiger partial charge in [-0.15, -0.1) is 0 Å². The Bertz CT molecular complexity index is 1120. The number of amides is 1. The Labute approximate surface area is 152 Å². The molecule has 0 fully saturated rings. The van der Waals surface area contributed by atoms with Gasteiger partial charge in [-0.05, 0) is 43.7 Å². The van der Waals surface area contributed by atoms with E-state index in [2.05, 4.69) is 20.4 Å². The Morgan fingerprint density at radius 2 is 1.92 bits per heavy atom. The van der Waals surface area contributed by atoms with Gasteiger partial charge in [-0.1, -0.05) is 24.3 Å². The fourth-order valence-electron chi connectivity index (χ4n) is 2.86. The van der Waals surface area contributed by atoms with Crippen LogP contribution in [0, 0.1) is 13.8 Å². The van der Waals surface area contributed by atoms with Crippen molar-refractivity contribution in [2.45, 2.75) is 13.8 Å². The Balaban J connectivity index is 0.00000210. The summed E-state index contributed by atoms with van der Waals surface area (Å²) in [6.07, 6.45) is 3.27. The van der Waals surface area contributed by atoms with Gasteiger partial charge in [0.25, 0.3) is 5.91 Å². The number of para-hydroxylation sites is 1. The van der Waals surface area contributed by atoms with Gasteiger partial charge in [0.1, 0.15) is 5.82 Å². The van der Waals surface area contributed by atoms with Crippen molar-refractivity contribution in [1.82, 2.24) is 19.7 Å². The van der Waals surface area contributed by atoms with E-state index in [1.165, 1.54) is 0 Å². The third kappa shape index (κ3) is 2.82. The van der Waals surface area contributed by atoms with Crippen LogP contribution >= 0.6 is 0 Å². The second kappa shape index (κ2) is 6.40. The molecule has 0 bridgehead atoms. The third-order valence-electron chi connectivity index (χ3n) is 4.28. The minimum Gasteiger partial charge on any atom is -0.306 e. The number of hydrogen-bond acceptors (Lipinski definition) is 4. The van der Waals surface area contributed by atoms with E-state index in [-0.39, 0.29) is 7.33 Å². The van der Waals surface area contributed by atoms with Crippen molar-refractivity contribution in [3.05, 3.63) is 77.7 Å². The van der Waals surface area contributed by atoms with Gasteiger partial charge in [0.05, 0.1) is 23.0 Å². The number of aromatic nitrogens is 4. The summed E-state index contributed by atoms with van der Waals surface area (Å²) in [7, 11) is 0. The number of carbonyl (C=O) groups is 1. The molecule has 6 heteroatoms. The number of hydrogen-bond donors (Lipinski definition) is 1. The lowest BCUT2D eigenvalue weighted by Crippen LogP contribution is -2.14. The van der Waals surface area contributed by atoms with Crippen molar-refractivity contribution >= 4 is 22.6 Å². The van der Waals surface area contributed by atoms with E-state index in [1.807, 2.05) is 56.3 Å². The van der Waals surface area contributed by atoms with E-state index in [1.54, 1.807) is 23.1 Å². The molecule has 4 aromatic rings. The first kappa shape index (κ1) is 16.0. The lowest BCUT2D eigenvalue weighted by Gasteiger charge is -2.08. The van der Waals surface area contributed by atoms with Crippen LogP contribution in [-0.2, 0) is 0 Å². The molecule has 0 atom stereocenters. The predicted molar refractivity (Wildman–Crippen MR) is 103 cm³/mol. The van der Waals surface area contributed by atoms with Gasteiger partial charge in [-0.25, -0.2) is 14.6 Å². The summed E-state index contributed by atoms with van der Waals surface area (Å²) in [5.41, 5.74) is 3.04. The van der Waals surface area contributed by atoms with E-state index in [0.29, 0.717) is 17.2 Å². The van der Waals surface area contributed by atoms with Crippen LogP contribution in [0.15, 0.2) is 60.9 Å². The Morgan fingerprint density at radius 1 is 1.08 bits per heavy atom. The maximum absolute atomic E-state index is 12.7. The molecule has 130 valence electrons. The van der Waals surface area contributed by atoms with Crippen molar-refractivity contribution < 1.29 is 6.22 Å². The van der Waals surface area contributed by atoms with Gasteiger partial charge >= 0.3 is 0 Å². The van der Waals surface area contributed by atoms with Gasteiger partial charge in [-0.3, -0.25) is 4.79 Å². The van der Waals surface area contributed by atoms with E-state index in [4.69, 9.17) is 0 Å². The van der Waals surface area contributed by atoms with Crippen molar-refractivity contribution in [3.63, 3.8) is 0 Å². The van der Waals surface area contributed by atoms with Crippen LogP contribution in [0.1, 0.15) is 23.0 Å². The molecule has 1 aromatic carbocycles. The zero-order chi connectivity index (χ0) is 18.1. The summed E-state index contributed by atoms with van der Waals surface area (Å²) in [6.45, 7) is 3.81. The van der Waals surface area contributed by atoms with Gasteiger partial charge in [-0.2, -0.15) is 5.10 Å². The molecule has 0 unspecified atom stereocenters. The predicted octanol–water partition coefficient (Wildman–Crippen LogP) is 3.93. The topological polar surface area (TPSA) is 72.7 Å². The summed E-state index contributed by atoms with van der Waals surface area (Å²) in [5, 5.41) is 8.21. The summed E-state index contributed by atoms with van der Waals surface area (Å²) in [4.78, 5) is 21.5. The van der Waals surface area contributed by atoms with Crippen molar-refractivity contribution in [3.8, 4) is 5.82 Å². The Hall–Kier alpha value is -3.54. The summed E-state index contributed by atoms with van der Waals surface area (Å²) in [6, 6.07) is 15.3. The number of carbonyl (C=O) groups excluding carboxylic acids is 1. The monoisotopic (exact) mass is 345 g/mol. The standard InChI is InChI=1S/C20H17N5O.H2/c1-13-6-5-11-21-19(13)25-14(2)16(12-22-25)20(26)24-18-10-9-15-7-3-4-8-17(15)23-18;/h3-12H,1-2H3,(H,23,24,26);1H. The van der Waals surface area contributed by atoms with E-state index in [9.17, 15) is 4.79 Å². The first-order valence-corrected chi connectivity index (χ1v) is 8.27. The largest absolute Gasteiger partial charge is 0.306 e. The lowest BCUT2D eigenvalue weighted by atomic mass is 10.2. The molecular weight excluding hydrogens is 326 g/mol. The van der Waals surface area contributed by atoms with Gasteiger partial charge in [0, 0.05) is 13.0 Å².